The molecule has 2 aromatic carbocycles. The second kappa shape index (κ2) is 9.38. The molecule has 164 valence electrons. The van der Waals surface area contributed by atoms with Gasteiger partial charge in [0.1, 0.15) is 11.4 Å². The third-order valence-electron chi connectivity index (χ3n) is 5.53. The van der Waals surface area contributed by atoms with Gasteiger partial charge in [0, 0.05) is 17.0 Å². The monoisotopic (exact) mass is 420 g/mol. The highest BCUT2D eigenvalue weighted by molar-refractivity contribution is 5.98. The van der Waals surface area contributed by atoms with Gasteiger partial charge in [-0.1, -0.05) is 39.8 Å². The summed E-state index contributed by atoms with van der Waals surface area (Å²) in [7, 11) is 1.38. The maximum absolute atomic E-state index is 11.7. The van der Waals surface area contributed by atoms with Crippen LogP contribution in [0.4, 0.5) is 0 Å². The molecule has 0 aliphatic rings. The fourth-order valence-electron chi connectivity index (χ4n) is 3.70. The lowest BCUT2D eigenvalue weighted by Gasteiger charge is -2.20. The van der Waals surface area contributed by atoms with Gasteiger partial charge in [0.15, 0.2) is 0 Å². The minimum atomic E-state index is -0.366. The number of aromatic amines is 1. The van der Waals surface area contributed by atoms with Crippen molar-refractivity contribution in [1.29, 1.82) is 0 Å². The number of rotatable bonds is 7. The first kappa shape index (κ1) is 22.6. The van der Waals surface area contributed by atoms with Crippen molar-refractivity contribution < 1.29 is 14.3 Å². The SMILES string of the molecule is CCOc1c(-c2n[nH]c3ccc(/C(C)=C/C(=O)OC)cc23)cc(C(C)C)cc1C(C)C. The second-order valence-corrected chi connectivity index (χ2v) is 8.41. The quantitative estimate of drug-likeness (QED) is 0.352. The van der Waals surface area contributed by atoms with E-state index in [2.05, 4.69) is 56.1 Å². The Bertz CT molecular complexity index is 1120. The normalized spacial score (nSPS) is 12.1. The number of benzene rings is 2. The molecular weight excluding hydrogens is 388 g/mol. The van der Waals surface area contributed by atoms with Gasteiger partial charge in [0.05, 0.1) is 19.2 Å². The first-order valence-corrected chi connectivity index (χ1v) is 10.8. The van der Waals surface area contributed by atoms with Crippen LogP contribution in [0.1, 0.15) is 70.1 Å². The van der Waals surface area contributed by atoms with Gasteiger partial charge in [-0.15, -0.1) is 0 Å². The van der Waals surface area contributed by atoms with Crippen LogP contribution in [0.3, 0.4) is 0 Å². The van der Waals surface area contributed by atoms with Gasteiger partial charge in [0.25, 0.3) is 0 Å². The number of fused-ring (bicyclic) bond motifs is 1. The van der Waals surface area contributed by atoms with E-state index in [-0.39, 0.29) is 5.97 Å². The van der Waals surface area contributed by atoms with Crippen LogP contribution in [0.5, 0.6) is 5.75 Å². The van der Waals surface area contributed by atoms with Gasteiger partial charge < -0.3 is 9.47 Å². The van der Waals surface area contributed by atoms with E-state index in [0.717, 1.165) is 39.0 Å². The van der Waals surface area contributed by atoms with Crippen LogP contribution in [-0.2, 0) is 9.53 Å². The standard InChI is InChI=1S/C26H32N2O3/c1-8-31-26-20(16(4)5)13-19(15(2)3)14-22(26)25-21-12-18(9-10-23(21)27-28-25)17(6)11-24(29)30-7/h9-16H,8H2,1-7H3,(H,27,28)/b17-11+. The van der Waals surface area contributed by atoms with Crippen molar-refractivity contribution >= 4 is 22.4 Å². The zero-order valence-electron chi connectivity index (χ0n) is 19.5. The highest BCUT2D eigenvalue weighted by atomic mass is 16.5. The highest BCUT2D eigenvalue weighted by Crippen LogP contribution is 2.41. The lowest BCUT2D eigenvalue weighted by atomic mass is 9.90. The molecule has 1 N–H and O–H groups in total. The molecule has 0 amide bonds. The number of carbonyl (C=O) groups is 1. The second-order valence-electron chi connectivity index (χ2n) is 8.41. The summed E-state index contributed by atoms with van der Waals surface area (Å²) in [4.78, 5) is 11.7. The summed E-state index contributed by atoms with van der Waals surface area (Å²) >= 11 is 0. The molecule has 0 spiro atoms. The minimum Gasteiger partial charge on any atom is -0.493 e. The molecule has 5 heteroatoms. The molecule has 0 bridgehead atoms. The average Bonchev–Trinajstić information content (AvgIpc) is 3.16. The van der Waals surface area contributed by atoms with Crippen molar-refractivity contribution in [3.63, 3.8) is 0 Å². The first-order valence-electron chi connectivity index (χ1n) is 10.8. The number of aromatic nitrogens is 2. The summed E-state index contributed by atoms with van der Waals surface area (Å²) < 4.78 is 10.9. The molecule has 0 aliphatic carbocycles. The Morgan fingerprint density at radius 2 is 1.87 bits per heavy atom. The molecule has 0 saturated carbocycles. The van der Waals surface area contributed by atoms with Gasteiger partial charge in [-0.25, -0.2) is 4.79 Å². The van der Waals surface area contributed by atoms with Crippen LogP contribution >= 0.6 is 0 Å². The van der Waals surface area contributed by atoms with E-state index < -0.39 is 0 Å². The first-order chi connectivity index (χ1) is 14.8. The van der Waals surface area contributed by atoms with Crippen molar-refractivity contribution in [2.45, 2.75) is 53.4 Å². The maximum atomic E-state index is 11.7. The van der Waals surface area contributed by atoms with Gasteiger partial charge in [-0.2, -0.15) is 5.10 Å². The van der Waals surface area contributed by atoms with Crippen molar-refractivity contribution in [2.75, 3.05) is 13.7 Å². The van der Waals surface area contributed by atoms with Gasteiger partial charge in [-0.05, 0) is 66.1 Å². The predicted molar refractivity (Wildman–Crippen MR) is 127 cm³/mol. The number of carbonyl (C=O) groups excluding carboxylic acids is 1. The minimum absolute atomic E-state index is 0.324. The van der Waals surface area contributed by atoms with Crippen LogP contribution in [0.2, 0.25) is 0 Å². The number of H-pyrrole nitrogens is 1. The summed E-state index contributed by atoms with van der Waals surface area (Å²) in [5, 5.41) is 8.82. The fraction of sp³-hybridized carbons (Fsp3) is 0.385. The Morgan fingerprint density at radius 3 is 2.48 bits per heavy atom. The summed E-state index contributed by atoms with van der Waals surface area (Å²) in [5.41, 5.74) is 7.03. The van der Waals surface area contributed by atoms with E-state index >= 15 is 0 Å². The number of hydrogen-bond donors (Lipinski definition) is 1. The molecule has 0 aliphatic heterocycles. The summed E-state index contributed by atoms with van der Waals surface area (Å²) in [5.74, 6) is 1.24. The molecule has 0 saturated heterocycles. The van der Waals surface area contributed by atoms with Crippen LogP contribution in [0.25, 0.3) is 27.7 Å². The van der Waals surface area contributed by atoms with E-state index in [0.29, 0.717) is 18.4 Å². The number of ether oxygens (including phenoxy) is 2. The summed E-state index contributed by atoms with van der Waals surface area (Å²) in [6, 6.07) is 10.5. The Labute approximate surface area is 184 Å². The fourth-order valence-corrected chi connectivity index (χ4v) is 3.70. The lowest BCUT2D eigenvalue weighted by molar-refractivity contribution is -0.134. The Balaban J connectivity index is 2.26. The average molecular weight is 421 g/mol. The van der Waals surface area contributed by atoms with Crippen molar-refractivity contribution in [1.82, 2.24) is 10.2 Å². The third kappa shape index (κ3) is 4.66. The number of methoxy groups -OCH3 is 1. The van der Waals surface area contributed by atoms with Crippen LogP contribution in [0, 0.1) is 0 Å². The van der Waals surface area contributed by atoms with Gasteiger partial charge >= 0.3 is 5.97 Å². The zero-order chi connectivity index (χ0) is 22.7. The largest absolute Gasteiger partial charge is 0.493 e. The molecule has 0 fully saturated rings. The lowest BCUT2D eigenvalue weighted by Crippen LogP contribution is -2.03. The van der Waals surface area contributed by atoms with Crippen LogP contribution < -0.4 is 4.74 Å². The molecule has 3 aromatic rings. The zero-order valence-corrected chi connectivity index (χ0v) is 19.5. The third-order valence-corrected chi connectivity index (χ3v) is 5.53. The molecule has 5 nitrogen and oxygen atoms in total. The smallest absolute Gasteiger partial charge is 0.330 e. The Kier molecular flexibility index (Phi) is 6.84. The van der Waals surface area contributed by atoms with Crippen LogP contribution in [-0.4, -0.2) is 29.9 Å². The number of nitrogens with zero attached hydrogens (tertiary/aromatic N) is 1. The molecular formula is C26H32N2O3. The summed E-state index contributed by atoms with van der Waals surface area (Å²) in [6.45, 7) is 13.3. The molecule has 1 aromatic heterocycles. The molecule has 1 heterocycles. The molecule has 0 atom stereocenters. The maximum Gasteiger partial charge on any atom is 0.330 e. The van der Waals surface area contributed by atoms with E-state index in [4.69, 9.17) is 9.47 Å². The molecule has 0 radical (unpaired) electrons. The van der Waals surface area contributed by atoms with Crippen LogP contribution in [0.15, 0.2) is 36.4 Å². The molecule has 0 unspecified atom stereocenters. The van der Waals surface area contributed by atoms with Crippen molar-refractivity contribution in [3.8, 4) is 17.0 Å². The van der Waals surface area contributed by atoms with Crippen molar-refractivity contribution in [2.24, 2.45) is 0 Å². The molecule has 3 rings (SSSR count). The number of hydrogen-bond acceptors (Lipinski definition) is 4. The Hall–Kier alpha value is -3.08. The van der Waals surface area contributed by atoms with E-state index in [1.165, 1.54) is 24.3 Å². The molecule has 31 heavy (non-hydrogen) atoms. The topological polar surface area (TPSA) is 64.2 Å². The van der Waals surface area contributed by atoms with E-state index in [1.807, 2.05) is 26.0 Å². The van der Waals surface area contributed by atoms with Gasteiger partial charge in [-0.3, -0.25) is 5.10 Å². The van der Waals surface area contributed by atoms with E-state index in [1.54, 1.807) is 0 Å². The highest BCUT2D eigenvalue weighted by Gasteiger charge is 2.21. The van der Waals surface area contributed by atoms with Crippen molar-refractivity contribution in [3.05, 3.63) is 53.1 Å². The predicted octanol–water partition coefficient (Wildman–Crippen LogP) is 6.45. The number of nitrogens with one attached hydrogen (secondary N) is 1. The number of allylic oxidation sites excluding steroid dienone is 1. The Morgan fingerprint density at radius 1 is 1.13 bits per heavy atom. The number of esters is 1. The van der Waals surface area contributed by atoms with E-state index in [9.17, 15) is 4.79 Å². The summed E-state index contributed by atoms with van der Waals surface area (Å²) in [6.07, 6.45) is 1.50. The van der Waals surface area contributed by atoms with Gasteiger partial charge in [0.2, 0.25) is 0 Å².